The standard InChI is InChI=1S/C34H38F6N4O4/c1-48-28-17-22(20-43-13-3-2-4-14-43)19-41-29(28)26-10-6-8-24-23(7-5-9-25(24)26)18-27(30(45)46)42-31(47)32(34(38,39)40)11-15-44(16-12-32)21-33(35,36)37/h5-10,17,19,27H,2-4,11-16,18,20-21H2,1H3,(H,42,47)(H,45,46)/t27-/m0/s1. The number of fused-ring (bicyclic) bond motifs is 1. The highest BCUT2D eigenvalue weighted by Crippen LogP contribution is 2.47. The fourth-order valence-corrected chi connectivity index (χ4v) is 6.77. The van der Waals surface area contributed by atoms with E-state index in [1.807, 2.05) is 18.2 Å². The number of halogens is 6. The summed E-state index contributed by atoms with van der Waals surface area (Å²) in [7, 11) is 1.55. The predicted octanol–water partition coefficient (Wildman–Crippen LogP) is 6.22. The average Bonchev–Trinajstić information content (AvgIpc) is 3.03. The summed E-state index contributed by atoms with van der Waals surface area (Å²) in [5.41, 5.74) is -0.287. The molecule has 0 spiro atoms. The second-order valence-corrected chi connectivity index (χ2v) is 12.6. The van der Waals surface area contributed by atoms with Crippen molar-refractivity contribution in [2.45, 2.75) is 63.5 Å². The molecule has 0 saturated carbocycles. The Morgan fingerprint density at radius 2 is 1.62 bits per heavy atom. The molecule has 48 heavy (non-hydrogen) atoms. The number of nitrogens with zero attached hydrogens (tertiary/aromatic N) is 3. The summed E-state index contributed by atoms with van der Waals surface area (Å²) < 4.78 is 87.3. The van der Waals surface area contributed by atoms with Gasteiger partial charge in [0.2, 0.25) is 5.91 Å². The number of piperidine rings is 2. The van der Waals surface area contributed by atoms with Crippen LogP contribution in [0.5, 0.6) is 5.75 Å². The van der Waals surface area contributed by atoms with Gasteiger partial charge >= 0.3 is 18.3 Å². The Balaban J connectivity index is 1.39. The van der Waals surface area contributed by atoms with Gasteiger partial charge in [-0.2, -0.15) is 26.3 Å². The molecular formula is C34H38F6N4O4. The van der Waals surface area contributed by atoms with E-state index in [1.165, 1.54) is 6.42 Å². The number of ether oxygens (including phenoxy) is 1. The Bertz CT molecular complexity index is 1620. The molecule has 0 aliphatic carbocycles. The molecule has 8 nitrogen and oxygen atoms in total. The van der Waals surface area contributed by atoms with Gasteiger partial charge in [-0.15, -0.1) is 0 Å². The van der Waals surface area contributed by atoms with Crippen molar-refractivity contribution >= 4 is 22.6 Å². The monoisotopic (exact) mass is 680 g/mol. The summed E-state index contributed by atoms with van der Waals surface area (Å²) in [6, 6.07) is 10.7. The van der Waals surface area contributed by atoms with Crippen molar-refractivity contribution in [3.05, 3.63) is 59.8 Å². The highest BCUT2D eigenvalue weighted by atomic mass is 19.4. The van der Waals surface area contributed by atoms with E-state index in [9.17, 15) is 41.0 Å². The molecule has 2 saturated heterocycles. The molecule has 2 N–H and O–H groups in total. The second kappa shape index (κ2) is 14.3. The maximum Gasteiger partial charge on any atom is 0.403 e. The zero-order valence-corrected chi connectivity index (χ0v) is 26.5. The van der Waals surface area contributed by atoms with Crippen LogP contribution in [0.3, 0.4) is 0 Å². The Morgan fingerprint density at radius 1 is 0.958 bits per heavy atom. The Labute approximate surface area is 274 Å². The molecule has 260 valence electrons. The van der Waals surface area contributed by atoms with Gasteiger partial charge < -0.3 is 15.2 Å². The topological polar surface area (TPSA) is 95.0 Å². The lowest BCUT2D eigenvalue weighted by molar-refractivity contribution is -0.236. The minimum atomic E-state index is -5.10. The number of benzene rings is 2. The van der Waals surface area contributed by atoms with E-state index in [4.69, 9.17) is 9.72 Å². The summed E-state index contributed by atoms with van der Waals surface area (Å²) in [4.78, 5) is 33.4. The number of hydrogen-bond acceptors (Lipinski definition) is 6. The van der Waals surface area contributed by atoms with Crippen LogP contribution in [0.4, 0.5) is 26.3 Å². The van der Waals surface area contributed by atoms with E-state index in [0.717, 1.165) is 42.9 Å². The molecule has 3 aromatic rings. The lowest BCUT2D eigenvalue weighted by atomic mass is 9.76. The highest BCUT2D eigenvalue weighted by molar-refractivity contribution is 5.99. The molecule has 2 aliphatic heterocycles. The van der Waals surface area contributed by atoms with Gasteiger partial charge in [0, 0.05) is 24.7 Å². The van der Waals surface area contributed by atoms with Crippen LogP contribution in [-0.2, 0) is 22.6 Å². The Kier molecular flexibility index (Phi) is 10.5. The molecular weight excluding hydrogens is 642 g/mol. The fraction of sp³-hybridized carbons (Fsp3) is 0.500. The Hall–Kier alpha value is -3.91. The van der Waals surface area contributed by atoms with Crippen LogP contribution in [0.1, 0.15) is 43.2 Å². The summed E-state index contributed by atoms with van der Waals surface area (Å²) >= 11 is 0. The smallest absolute Gasteiger partial charge is 0.403 e. The van der Waals surface area contributed by atoms with E-state index >= 15 is 0 Å². The van der Waals surface area contributed by atoms with Crippen molar-refractivity contribution in [3.63, 3.8) is 0 Å². The summed E-state index contributed by atoms with van der Waals surface area (Å²) in [6.07, 6.45) is -6.56. The molecule has 2 aromatic carbocycles. The third kappa shape index (κ3) is 7.86. The number of likely N-dealkylation sites (tertiary alicyclic amines) is 2. The zero-order chi connectivity index (χ0) is 34.7. The van der Waals surface area contributed by atoms with Gasteiger partial charge in [0.05, 0.1) is 13.7 Å². The number of methoxy groups -OCH3 is 1. The fourth-order valence-electron chi connectivity index (χ4n) is 6.77. The van der Waals surface area contributed by atoms with Crippen molar-refractivity contribution < 1.29 is 45.8 Å². The number of alkyl halides is 6. The molecule has 2 aliphatic rings. The van der Waals surface area contributed by atoms with Gasteiger partial charge in [-0.3, -0.25) is 19.6 Å². The SMILES string of the molecule is COc1cc(CN2CCCCC2)cnc1-c1cccc2c(C[C@H](NC(=O)C3(C(F)(F)F)CCN(CC(F)(F)F)CC3)C(=O)O)cccc12. The van der Waals surface area contributed by atoms with Gasteiger partial charge in [-0.25, -0.2) is 4.79 Å². The average molecular weight is 681 g/mol. The van der Waals surface area contributed by atoms with Crippen LogP contribution < -0.4 is 10.1 Å². The number of nitrogens with one attached hydrogen (secondary N) is 1. The van der Waals surface area contributed by atoms with Crippen LogP contribution in [0.15, 0.2) is 48.7 Å². The van der Waals surface area contributed by atoms with E-state index in [-0.39, 0.29) is 6.42 Å². The summed E-state index contributed by atoms with van der Waals surface area (Å²) in [5, 5.41) is 13.4. The molecule has 1 aromatic heterocycles. The molecule has 5 rings (SSSR count). The quantitative estimate of drug-likeness (QED) is 0.246. The molecule has 3 heterocycles. The van der Waals surface area contributed by atoms with Crippen molar-refractivity contribution in [2.75, 3.05) is 39.8 Å². The second-order valence-electron chi connectivity index (χ2n) is 12.6. The van der Waals surface area contributed by atoms with Gasteiger partial charge in [-0.1, -0.05) is 42.8 Å². The van der Waals surface area contributed by atoms with Crippen LogP contribution in [0.25, 0.3) is 22.0 Å². The van der Waals surface area contributed by atoms with Crippen LogP contribution >= 0.6 is 0 Å². The van der Waals surface area contributed by atoms with Crippen LogP contribution in [0, 0.1) is 5.41 Å². The number of carbonyl (C=O) groups excluding carboxylic acids is 1. The number of carbonyl (C=O) groups is 2. The number of carboxylic acid groups (broad SMARTS) is 1. The first kappa shape index (κ1) is 35.4. The molecule has 14 heteroatoms. The molecule has 1 atom stereocenters. The van der Waals surface area contributed by atoms with Crippen LogP contribution in [-0.4, -0.2) is 90.0 Å². The van der Waals surface area contributed by atoms with Gasteiger partial charge in [0.15, 0.2) is 0 Å². The summed E-state index contributed by atoms with van der Waals surface area (Å²) in [5.74, 6) is -2.55. The number of hydrogen-bond donors (Lipinski definition) is 2. The van der Waals surface area contributed by atoms with Gasteiger partial charge in [0.25, 0.3) is 0 Å². The lowest BCUT2D eigenvalue weighted by Gasteiger charge is -2.42. The number of pyridine rings is 1. The van der Waals surface area contributed by atoms with Crippen molar-refractivity contribution in [1.82, 2.24) is 20.1 Å². The van der Waals surface area contributed by atoms with E-state index in [2.05, 4.69) is 10.2 Å². The van der Waals surface area contributed by atoms with E-state index < -0.39 is 68.2 Å². The number of carboxylic acids is 1. The van der Waals surface area contributed by atoms with E-state index in [1.54, 1.807) is 37.6 Å². The maximum atomic E-state index is 14.3. The highest BCUT2D eigenvalue weighted by Gasteiger charge is 2.61. The minimum absolute atomic E-state index is 0.338. The predicted molar refractivity (Wildman–Crippen MR) is 166 cm³/mol. The van der Waals surface area contributed by atoms with Gasteiger partial charge in [-0.05, 0) is 79.8 Å². The lowest BCUT2D eigenvalue weighted by Crippen LogP contribution is -2.59. The minimum Gasteiger partial charge on any atom is -0.494 e. The molecule has 0 unspecified atom stereocenters. The first-order chi connectivity index (χ1) is 22.7. The van der Waals surface area contributed by atoms with Crippen molar-refractivity contribution in [1.29, 1.82) is 0 Å². The molecule has 0 bridgehead atoms. The Morgan fingerprint density at radius 3 is 2.25 bits per heavy atom. The summed E-state index contributed by atoms with van der Waals surface area (Å²) in [6.45, 7) is 0.151. The third-order valence-corrected chi connectivity index (χ3v) is 9.37. The van der Waals surface area contributed by atoms with E-state index in [0.29, 0.717) is 33.3 Å². The number of aromatic nitrogens is 1. The van der Waals surface area contributed by atoms with Crippen LogP contribution in [0.2, 0.25) is 0 Å². The maximum absolute atomic E-state index is 14.3. The first-order valence-corrected chi connectivity index (χ1v) is 15.9. The molecule has 0 radical (unpaired) electrons. The number of amides is 1. The largest absolute Gasteiger partial charge is 0.494 e. The first-order valence-electron chi connectivity index (χ1n) is 15.9. The molecule has 2 fully saturated rings. The number of rotatable bonds is 10. The number of aliphatic carboxylic acids is 1. The van der Waals surface area contributed by atoms with Gasteiger partial charge in [0.1, 0.15) is 22.9 Å². The third-order valence-electron chi connectivity index (χ3n) is 9.37. The zero-order valence-electron chi connectivity index (χ0n) is 26.5. The van der Waals surface area contributed by atoms with Crippen molar-refractivity contribution in [3.8, 4) is 17.0 Å². The normalized spacial score (nSPS) is 18.4. The molecule has 1 amide bonds. The van der Waals surface area contributed by atoms with Crippen molar-refractivity contribution in [2.24, 2.45) is 5.41 Å².